The summed E-state index contributed by atoms with van der Waals surface area (Å²) >= 11 is 0. The van der Waals surface area contributed by atoms with E-state index in [0.29, 0.717) is 5.92 Å². The maximum atomic E-state index is 11.9. The van der Waals surface area contributed by atoms with E-state index >= 15 is 0 Å². The summed E-state index contributed by atoms with van der Waals surface area (Å²) < 4.78 is 0. The normalized spacial score (nSPS) is 14.5. The SMILES string of the molecule is CC(C)CC(C)N(C)C(=O)C(N)CCC(=O)O. The highest BCUT2D eigenvalue weighted by atomic mass is 16.4. The molecule has 2 unspecified atom stereocenters. The van der Waals surface area contributed by atoms with E-state index in [-0.39, 0.29) is 24.8 Å². The molecule has 5 nitrogen and oxygen atoms in total. The van der Waals surface area contributed by atoms with Crippen LogP contribution in [0, 0.1) is 5.92 Å². The van der Waals surface area contributed by atoms with Crippen LogP contribution < -0.4 is 5.73 Å². The van der Waals surface area contributed by atoms with Crippen LogP contribution in [-0.4, -0.2) is 41.0 Å². The predicted octanol–water partition coefficient (Wildman–Crippen LogP) is 1.07. The second-order valence-corrected chi connectivity index (χ2v) is 4.97. The van der Waals surface area contributed by atoms with Gasteiger partial charge in [-0.2, -0.15) is 0 Å². The van der Waals surface area contributed by atoms with Gasteiger partial charge in [0.15, 0.2) is 0 Å². The highest BCUT2D eigenvalue weighted by Gasteiger charge is 2.22. The highest BCUT2D eigenvalue weighted by Crippen LogP contribution is 2.11. The molecule has 0 aliphatic heterocycles. The Morgan fingerprint density at radius 2 is 1.82 bits per heavy atom. The number of hydrogen-bond donors (Lipinski definition) is 2. The summed E-state index contributed by atoms with van der Waals surface area (Å²) in [5, 5.41) is 8.53. The number of nitrogens with zero attached hydrogens (tertiary/aromatic N) is 1. The first-order valence-electron chi connectivity index (χ1n) is 5.99. The Morgan fingerprint density at radius 3 is 2.24 bits per heavy atom. The molecule has 2 atom stereocenters. The quantitative estimate of drug-likeness (QED) is 0.701. The molecule has 17 heavy (non-hydrogen) atoms. The number of nitrogens with two attached hydrogens (primary N) is 1. The molecule has 0 aliphatic rings. The average Bonchev–Trinajstić information content (AvgIpc) is 2.22. The number of carbonyl (C=O) groups is 2. The molecule has 1 amide bonds. The van der Waals surface area contributed by atoms with Crippen molar-refractivity contribution >= 4 is 11.9 Å². The fourth-order valence-corrected chi connectivity index (χ4v) is 1.72. The Hall–Kier alpha value is -1.10. The first kappa shape index (κ1) is 15.9. The fraction of sp³-hybridized carbons (Fsp3) is 0.833. The summed E-state index contributed by atoms with van der Waals surface area (Å²) in [6.07, 6.45) is 1.03. The standard InChI is InChI=1S/C12H24N2O3/c1-8(2)7-9(3)14(4)12(17)10(13)5-6-11(15)16/h8-10H,5-7,13H2,1-4H3,(H,15,16). The van der Waals surface area contributed by atoms with Gasteiger partial charge in [-0.3, -0.25) is 9.59 Å². The number of rotatable bonds is 7. The van der Waals surface area contributed by atoms with Crippen molar-refractivity contribution in [2.75, 3.05) is 7.05 Å². The maximum absolute atomic E-state index is 11.9. The molecular formula is C12H24N2O3. The minimum absolute atomic E-state index is 0.0701. The molecule has 0 saturated heterocycles. The zero-order valence-corrected chi connectivity index (χ0v) is 11.1. The summed E-state index contributed by atoms with van der Waals surface area (Å²) in [5.41, 5.74) is 5.68. The monoisotopic (exact) mass is 244 g/mol. The molecule has 0 fully saturated rings. The van der Waals surface area contributed by atoms with Gasteiger partial charge in [-0.25, -0.2) is 0 Å². The second kappa shape index (κ2) is 7.27. The fourth-order valence-electron chi connectivity index (χ4n) is 1.72. The van der Waals surface area contributed by atoms with Gasteiger partial charge in [-0.05, 0) is 25.7 Å². The van der Waals surface area contributed by atoms with Crippen LogP contribution >= 0.6 is 0 Å². The summed E-state index contributed by atoms with van der Waals surface area (Å²) in [5.74, 6) is -0.596. The van der Waals surface area contributed by atoms with Crippen LogP contribution in [0.25, 0.3) is 0 Å². The minimum atomic E-state index is -0.925. The Kier molecular flexibility index (Phi) is 6.80. The second-order valence-electron chi connectivity index (χ2n) is 4.97. The van der Waals surface area contributed by atoms with E-state index in [2.05, 4.69) is 13.8 Å². The molecule has 0 rings (SSSR count). The molecule has 0 aromatic rings. The Bertz CT molecular complexity index is 266. The van der Waals surface area contributed by atoms with E-state index in [4.69, 9.17) is 10.8 Å². The highest BCUT2D eigenvalue weighted by molar-refractivity contribution is 5.82. The molecule has 0 radical (unpaired) electrons. The van der Waals surface area contributed by atoms with Crippen molar-refractivity contribution in [3.63, 3.8) is 0 Å². The minimum Gasteiger partial charge on any atom is -0.481 e. The Balaban J connectivity index is 4.23. The van der Waals surface area contributed by atoms with Gasteiger partial charge in [-0.15, -0.1) is 0 Å². The lowest BCUT2D eigenvalue weighted by Crippen LogP contribution is -2.46. The van der Waals surface area contributed by atoms with Crippen LogP contribution in [0.2, 0.25) is 0 Å². The van der Waals surface area contributed by atoms with Crippen molar-refractivity contribution in [1.29, 1.82) is 0 Å². The third-order valence-electron chi connectivity index (χ3n) is 2.81. The summed E-state index contributed by atoms with van der Waals surface area (Å²) in [7, 11) is 1.72. The number of carboxylic acid groups (broad SMARTS) is 1. The largest absolute Gasteiger partial charge is 0.481 e. The first-order chi connectivity index (χ1) is 7.75. The van der Waals surface area contributed by atoms with Crippen molar-refractivity contribution in [1.82, 2.24) is 4.90 Å². The number of carboxylic acids is 1. The lowest BCUT2D eigenvalue weighted by Gasteiger charge is -2.28. The van der Waals surface area contributed by atoms with Gasteiger partial charge in [0.1, 0.15) is 0 Å². The predicted molar refractivity (Wildman–Crippen MR) is 66.5 cm³/mol. The van der Waals surface area contributed by atoms with E-state index in [9.17, 15) is 9.59 Å². The van der Waals surface area contributed by atoms with Gasteiger partial charge in [0.2, 0.25) is 5.91 Å². The van der Waals surface area contributed by atoms with Crippen molar-refractivity contribution in [3.8, 4) is 0 Å². The van der Waals surface area contributed by atoms with E-state index in [0.717, 1.165) is 6.42 Å². The van der Waals surface area contributed by atoms with Crippen molar-refractivity contribution < 1.29 is 14.7 Å². The molecule has 0 bridgehead atoms. The van der Waals surface area contributed by atoms with Gasteiger partial charge in [-0.1, -0.05) is 13.8 Å². The number of carbonyl (C=O) groups excluding carboxylic acids is 1. The molecule has 0 aromatic heterocycles. The first-order valence-corrected chi connectivity index (χ1v) is 5.99. The van der Waals surface area contributed by atoms with Crippen LogP contribution in [0.1, 0.15) is 40.0 Å². The summed E-state index contributed by atoms with van der Waals surface area (Å²) in [6, 6.07) is -0.593. The van der Waals surface area contributed by atoms with E-state index in [1.807, 2.05) is 6.92 Å². The lowest BCUT2D eigenvalue weighted by atomic mass is 10.0. The molecule has 0 saturated carbocycles. The summed E-state index contributed by atoms with van der Waals surface area (Å²) in [6.45, 7) is 6.17. The Labute approximate surface area is 103 Å². The Morgan fingerprint density at radius 1 is 1.29 bits per heavy atom. The third-order valence-corrected chi connectivity index (χ3v) is 2.81. The lowest BCUT2D eigenvalue weighted by molar-refractivity contribution is -0.137. The van der Waals surface area contributed by atoms with Gasteiger partial charge in [0, 0.05) is 19.5 Å². The zero-order chi connectivity index (χ0) is 13.6. The molecule has 0 spiro atoms. The number of amides is 1. The number of aliphatic carboxylic acids is 1. The van der Waals surface area contributed by atoms with Gasteiger partial charge in [0.05, 0.1) is 6.04 Å². The van der Waals surface area contributed by atoms with Crippen LogP contribution in [0.5, 0.6) is 0 Å². The zero-order valence-electron chi connectivity index (χ0n) is 11.1. The maximum Gasteiger partial charge on any atom is 0.303 e. The van der Waals surface area contributed by atoms with E-state index < -0.39 is 12.0 Å². The average molecular weight is 244 g/mol. The van der Waals surface area contributed by atoms with Crippen LogP contribution in [0.15, 0.2) is 0 Å². The van der Waals surface area contributed by atoms with Gasteiger partial charge >= 0.3 is 5.97 Å². The molecule has 5 heteroatoms. The molecular weight excluding hydrogens is 220 g/mol. The summed E-state index contributed by atoms with van der Waals surface area (Å²) in [4.78, 5) is 23.9. The number of likely N-dealkylation sites (N-methyl/N-ethyl adjacent to an activating group) is 1. The van der Waals surface area contributed by atoms with Crippen molar-refractivity contribution in [2.24, 2.45) is 11.7 Å². The molecule has 0 aliphatic carbocycles. The topological polar surface area (TPSA) is 83.6 Å². The van der Waals surface area contributed by atoms with Crippen LogP contribution in [-0.2, 0) is 9.59 Å². The third kappa shape index (κ3) is 6.26. The smallest absolute Gasteiger partial charge is 0.303 e. The van der Waals surface area contributed by atoms with Crippen molar-refractivity contribution in [2.45, 2.75) is 52.1 Å². The molecule has 100 valence electrons. The molecule has 3 N–H and O–H groups in total. The van der Waals surface area contributed by atoms with Gasteiger partial charge in [0.25, 0.3) is 0 Å². The van der Waals surface area contributed by atoms with Crippen LogP contribution in [0.4, 0.5) is 0 Å². The van der Waals surface area contributed by atoms with E-state index in [1.165, 1.54) is 0 Å². The van der Waals surface area contributed by atoms with Crippen molar-refractivity contribution in [3.05, 3.63) is 0 Å². The van der Waals surface area contributed by atoms with Crippen LogP contribution in [0.3, 0.4) is 0 Å². The molecule has 0 heterocycles. The number of hydrogen-bond acceptors (Lipinski definition) is 3. The van der Waals surface area contributed by atoms with E-state index in [1.54, 1.807) is 11.9 Å². The molecule has 0 aromatic carbocycles. The van der Waals surface area contributed by atoms with Gasteiger partial charge < -0.3 is 15.7 Å².